The average molecular weight is 236 g/mol. The fraction of sp³-hybridized carbons (Fsp3) is 0.400. The summed E-state index contributed by atoms with van der Waals surface area (Å²) in [5, 5.41) is 0. The van der Waals surface area contributed by atoms with Crippen molar-refractivity contribution in [1.29, 1.82) is 0 Å². The normalized spacial score (nSPS) is 11.0. The maximum atomic E-state index is 12.0. The first-order chi connectivity index (χ1) is 7.91. The summed E-state index contributed by atoms with van der Waals surface area (Å²) in [5.41, 5.74) is -0.508. The third kappa shape index (κ3) is 1.69. The van der Waals surface area contributed by atoms with Crippen LogP contribution in [-0.2, 0) is 18.4 Å². The average Bonchev–Trinajstić information content (AvgIpc) is 2.63. The van der Waals surface area contributed by atoms with Gasteiger partial charge in [-0.2, -0.15) is 0 Å². The number of fused-ring (bicyclic) bond motifs is 1. The monoisotopic (exact) mass is 236 g/mol. The van der Waals surface area contributed by atoms with Crippen molar-refractivity contribution in [3.8, 4) is 0 Å². The van der Waals surface area contributed by atoms with Crippen LogP contribution in [-0.4, -0.2) is 24.9 Å². The first-order valence-corrected chi connectivity index (χ1v) is 5.07. The Kier molecular flexibility index (Phi) is 2.45. The number of Topliss-reactive ketones (excluding diaryl/α,β-unsaturated/α-hetero) is 1. The fourth-order valence-electron chi connectivity index (χ4n) is 1.73. The van der Waals surface area contributed by atoms with Crippen LogP contribution in [0, 0.1) is 6.92 Å². The van der Waals surface area contributed by atoms with Gasteiger partial charge in [-0.25, -0.2) is 9.78 Å². The Balaban J connectivity index is 2.91. The largest absolute Gasteiger partial charge is 0.336 e. The highest BCUT2D eigenvalue weighted by Gasteiger charge is 2.14. The number of nitrogens with zero attached hydrogens (tertiary/aromatic N) is 3. The Hall–Kier alpha value is -2.18. The molecule has 0 bridgehead atoms. The van der Waals surface area contributed by atoms with Gasteiger partial charge in [0.25, 0.3) is 5.56 Å². The highest BCUT2D eigenvalue weighted by Crippen LogP contribution is 2.02. The van der Waals surface area contributed by atoms with Crippen LogP contribution in [0.2, 0.25) is 0 Å². The van der Waals surface area contributed by atoms with Gasteiger partial charge in [-0.3, -0.25) is 18.7 Å². The molecule has 90 valence electrons. The van der Waals surface area contributed by atoms with Gasteiger partial charge in [0, 0.05) is 7.05 Å². The summed E-state index contributed by atoms with van der Waals surface area (Å²) >= 11 is 0. The second kappa shape index (κ2) is 3.69. The minimum atomic E-state index is -0.538. The summed E-state index contributed by atoms with van der Waals surface area (Å²) in [6.45, 7) is 2.80. The molecule has 0 aromatic carbocycles. The van der Waals surface area contributed by atoms with E-state index >= 15 is 0 Å². The summed E-state index contributed by atoms with van der Waals surface area (Å²) in [6, 6.07) is 0. The van der Waals surface area contributed by atoms with E-state index in [1.807, 2.05) is 0 Å². The minimum Gasteiger partial charge on any atom is -0.336 e. The summed E-state index contributed by atoms with van der Waals surface area (Å²) < 4.78 is 2.16. The van der Waals surface area contributed by atoms with Crippen LogP contribution in [0.25, 0.3) is 11.2 Å². The zero-order valence-corrected chi connectivity index (χ0v) is 9.77. The Morgan fingerprint density at radius 3 is 2.65 bits per heavy atom. The summed E-state index contributed by atoms with van der Waals surface area (Å²) in [5.74, 6) is 0.299. The van der Waals surface area contributed by atoms with Crippen molar-refractivity contribution in [3.63, 3.8) is 0 Å². The number of aromatic nitrogens is 4. The van der Waals surface area contributed by atoms with Gasteiger partial charge in [-0.05, 0) is 13.8 Å². The molecule has 0 amide bonds. The summed E-state index contributed by atoms with van der Waals surface area (Å²) in [6.07, 6.45) is 0. The highest BCUT2D eigenvalue weighted by atomic mass is 16.2. The lowest BCUT2D eigenvalue weighted by Crippen LogP contribution is -2.40. The molecule has 7 heteroatoms. The Labute approximate surface area is 95.7 Å². The molecule has 0 unspecified atom stereocenters. The Bertz CT molecular complexity index is 719. The van der Waals surface area contributed by atoms with Crippen LogP contribution in [0.4, 0.5) is 0 Å². The molecule has 1 N–H and O–H groups in total. The lowest BCUT2D eigenvalue weighted by Gasteiger charge is -2.05. The molecule has 0 aliphatic carbocycles. The predicted octanol–water partition coefficient (Wildman–Crippen LogP) is -0.679. The van der Waals surface area contributed by atoms with Gasteiger partial charge in [0.15, 0.2) is 5.65 Å². The fourth-order valence-corrected chi connectivity index (χ4v) is 1.73. The zero-order valence-electron chi connectivity index (χ0n) is 9.77. The van der Waals surface area contributed by atoms with E-state index in [4.69, 9.17) is 0 Å². The van der Waals surface area contributed by atoms with Gasteiger partial charge < -0.3 is 4.98 Å². The smallest absolute Gasteiger partial charge is 0.332 e. The molecule has 0 spiro atoms. The van der Waals surface area contributed by atoms with Crippen molar-refractivity contribution in [1.82, 2.24) is 19.1 Å². The number of hydrogen-bond donors (Lipinski definition) is 1. The second-order valence-corrected chi connectivity index (χ2v) is 3.96. The molecule has 2 rings (SSSR count). The topological polar surface area (TPSA) is 89.8 Å². The number of hydrogen-bond acceptors (Lipinski definition) is 4. The molecule has 0 atom stereocenters. The molecule has 7 nitrogen and oxygen atoms in total. The van der Waals surface area contributed by atoms with E-state index < -0.39 is 11.2 Å². The molecule has 0 aliphatic rings. The van der Waals surface area contributed by atoms with Crippen molar-refractivity contribution in [2.45, 2.75) is 20.4 Å². The minimum absolute atomic E-state index is 0.223. The van der Waals surface area contributed by atoms with Crippen LogP contribution in [0.5, 0.6) is 0 Å². The van der Waals surface area contributed by atoms with Crippen LogP contribution >= 0.6 is 0 Å². The zero-order chi connectivity index (χ0) is 12.7. The standard InChI is InChI=1S/C10H12N4O3/c1-5(15)4-14-9(16)7-8(12-6(2)11-7)13(3)10(14)17/h4H2,1-3H3,(H,11,12). The van der Waals surface area contributed by atoms with E-state index in [2.05, 4.69) is 9.97 Å². The number of rotatable bonds is 2. The molecular weight excluding hydrogens is 224 g/mol. The number of ketones is 1. The molecule has 0 saturated carbocycles. The number of H-pyrrole nitrogens is 1. The molecule has 2 aromatic heterocycles. The van der Waals surface area contributed by atoms with Gasteiger partial charge >= 0.3 is 5.69 Å². The maximum Gasteiger partial charge on any atom is 0.332 e. The molecule has 0 radical (unpaired) electrons. The number of carbonyl (C=O) groups is 1. The van der Waals surface area contributed by atoms with Crippen LogP contribution < -0.4 is 11.2 Å². The van der Waals surface area contributed by atoms with E-state index in [-0.39, 0.29) is 17.8 Å². The number of aryl methyl sites for hydroxylation is 2. The van der Waals surface area contributed by atoms with Gasteiger partial charge in [0.2, 0.25) is 0 Å². The van der Waals surface area contributed by atoms with Crippen LogP contribution in [0.1, 0.15) is 12.7 Å². The van der Waals surface area contributed by atoms with E-state index in [0.29, 0.717) is 11.5 Å². The third-order valence-corrected chi connectivity index (χ3v) is 2.48. The van der Waals surface area contributed by atoms with Crippen molar-refractivity contribution in [2.24, 2.45) is 7.05 Å². The molecule has 2 aromatic rings. The first kappa shape index (κ1) is 11.3. The first-order valence-electron chi connectivity index (χ1n) is 5.07. The third-order valence-electron chi connectivity index (χ3n) is 2.48. The summed E-state index contributed by atoms with van der Waals surface area (Å²) in [4.78, 5) is 41.7. The number of nitrogens with one attached hydrogen (secondary N) is 1. The van der Waals surface area contributed by atoms with Crippen molar-refractivity contribution < 1.29 is 4.79 Å². The van der Waals surface area contributed by atoms with Gasteiger partial charge in [-0.15, -0.1) is 0 Å². The van der Waals surface area contributed by atoms with E-state index in [0.717, 1.165) is 4.57 Å². The van der Waals surface area contributed by atoms with E-state index in [1.165, 1.54) is 18.5 Å². The second-order valence-electron chi connectivity index (χ2n) is 3.96. The SMILES string of the molecule is CC(=O)Cn1c(=O)c2[nH]c(C)nc2n(C)c1=O. The number of carbonyl (C=O) groups excluding carboxylic acids is 1. The molecular formula is C10H12N4O3. The van der Waals surface area contributed by atoms with Crippen molar-refractivity contribution in [2.75, 3.05) is 0 Å². The molecule has 0 fully saturated rings. The lowest BCUT2D eigenvalue weighted by atomic mass is 10.4. The molecule has 2 heterocycles. The van der Waals surface area contributed by atoms with Gasteiger partial charge in [0.05, 0.1) is 6.54 Å². The Morgan fingerprint density at radius 1 is 1.41 bits per heavy atom. The van der Waals surface area contributed by atoms with E-state index in [1.54, 1.807) is 6.92 Å². The van der Waals surface area contributed by atoms with Crippen molar-refractivity contribution >= 4 is 16.9 Å². The van der Waals surface area contributed by atoms with Gasteiger partial charge in [0.1, 0.15) is 17.1 Å². The number of imidazole rings is 1. The van der Waals surface area contributed by atoms with Crippen molar-refractivity contribution in [3.05, 3.63) is 26.7 Å². The lowest BCUT2D eigenvalue weighted by molar-refractivity contribution is -0.117. The Morgan fingerprint density at radius 2 is 2.06 bits per heavy atom. The summed E-state index contributed by atoms with van der Waals surface area (Å²) in [7, 11) is 1.51. The number of aromatic amines is 1. The van der Waals surface area contributed by atoms with Crippen LogP contribution in [0.3, 0.4) is 0 Å². The maximum absolute atomic E-state index is 12.0. The molecule has 0 aliphatic heterocycles. The molecule has 17 heavy (non-hydrogen) atoms. The molecule has 0 saturated heterocycles. The quantitative estimate of drug-likeness (QED) is 0.748. The van der Waals surface area contributed by atoms with Gasteiger partial charge in [-0.1, -0.05) is 0 Å². The van der Waals surface area contributed by atoms with E-state index in [9.17, 15) is 14.4 Å². The highest BCUT2D eigenvalue weighted by molar-refractivity contribution is 5.76. The predicted molar refractivity (Wildman–Crippen MR) is 61.0 cm³/mol. The van der Waals surface area contributed by atoms with Crippen LogP contribution in [0.15, 0.2) is 9.59 Å².